The van der Waals surface area contributed by atoms with Crippen LogP contribution in [0.3, 0.4) is 0 Å². The number of hydrogen-bond acceptors (Lipinski definition) is 3. The predicted octanol–water partition coefficient (Wildman–Crippen LogP) is 2.77. The Morgan fingerprint density at radius 2 is 2.07 bits per heavy atom. The highest BCUT2D eigenvalue weighted by atomic mass is 32.1. The van der Waals surface area contributed by atoms with Crippen LogP contribution in [0.4, 0.5) is 0 Å². The molecule has 1 aromatic heterocycles. The summed E-state index contributed by atoms with van der Waals surface area (Å²) in [7, 11) is 0. The Labute approximate surface area is 92.6 Å². The molecule has 0 aliphatic rings. The van der Waals surface area contributed by atoms with Crippen molar-refractivity contribution in [3.8, 4) is 11.3 Å². The lowest BCUT2D eigenvalue weighted by atomic mass is 10.1. The zero-order valence-corrected chi connectivity index (χ0v) is 9.17. The standard InChI is InChI=1S/C12H10NOS/c1-9-13-12(11(15-9)7-8-14)10-5-3-2-4-6-10/h2-6H,7H2,1H3. The van der Waals surface area contributed by atoms with Crippen molar-refractivity contribution < 1.29 is 4.79 Å². The SMILES string of the molecule is Cc1nc(-c2ccccc2)c(C[C]=O)s1. The molecule has 0 amide bonds. The quantitative estimate of drug-likeness (QED) is 0.789. The van der Waals surface area contributed by atoms with Crippen molar-refractivity contribution in [3.05, 3.63) is 40.2 Å². The number of aromatic nitrogens is 1. The van der Waals surface area contributed by atoms with Crippen LogP contribution in [0.15, 0.2) is 30.3 Å². The predicted molar refractivity (Wildman–Crippen MR) is 61.7 cm³/mol. The summed E-state index contributed by atoms with van der Waals surface area (Å²) in [5.74, 6) is 0. The maximum absolute atomic E-state index is 10.4. The summed E-state index contributed by atoms with van der Waals surface area (Å²) in [6.07, 6.45) is 2.26. The number of carbonyl (C=O) groups excluding carboxylic acids is 1. The van der Waals surface area contributed by atoms with Crippen LogP contribution in [-0.4, -0.2) is 11.3 Å². The number of benzene rings is 1. The molecule has 0 bridgehead atoms. The first-order valence-corrected chi connectivity index (χ1v) is 5.49. The molecule has 0 spiro atoms. The third kappa shape index (κ3) is 2.13. The summed E-state index contributed by atoms with van der Waals surface area (Å²) in [6, 6.07) is 9.91. The van der Waals surface area contributed by atoms with Gasteiger partial charge in [-0.2, -0.15) is 0 Å². The number of rotatable bonds is 3. The molecule has 75 valence electrons. The molecule has 2 rings (SSSR count). The molecule has 0 fully saturated rings. The fraction of sp³-hybridized carbons (Fsp3) is 0.167. The van der Waals surface area contributed by atoms with Gasteiger partial charge in [-0.05, 0) is 6.92 Å². The van der Waals surface area contributed by atoms with E-state index in [0.717, 1.165) is 21.1 Å². The topological polar surface area (TPSA) is 30.0 Å². The lowest BCUT2D eigenvalue weighted by Gasteiger charge is -1.97. The molecule has 15 heavy (non-hydrogen) atoms. The number of aryl methyl sites for hydroxylation is 1. The van der Waals surface area contributed by atoms with Crippen LogP contribution in [0.5, 0.6) is 0 Å². The summed E-state index contributed by atoms with van der Waals surface area (Å²) in [4.78, 5) is 15.9. The third-order valence-electron chi connectivity index (χ3n) is 2.08. The van der Waals surface area contributed by atoms with Crippen LogP contribution < -0.4 is 0 Å². The smallest absolute Gasteiger partial charge is 0.204 e. The van der Waals surface area contributed by atoms with Gasteiger partial charge in [0.2, 0.25) is 6.29 Å². The molecule has 1 heterocycles. The molecule has 0 aliphatic carbocycles. The molecular formula is C12H10NOS. The Bertz CT molecular complexity index is 462. The average molecular weight is 216 g/mol. The van der Waals surface area contributed by atoms with E-state index in [1.807, 2.05) is 43.5 Å². The van der Waals surface area contributed by atoms with Gasteiger partial charge in [0, 0.05) is 10.4 Å². The molecule has 3 heteroatoms. The summed E-state index contributed by atoms with van der Waals surface area (Å²) >= 11 is 1.56. The Balaban J connectivity index is 2.47. The molecule has 0 atom stereocenters. The van der Waals surface area contributed by atoms with Crippen molar-refractivity contribution in [3.63, 3.8) is 0 Å². The zero-order valence-electron chi connectivity index (χ0n) is 8.36. The fourth-order valence-corrected chi connectivity index (χ4v) is 2.36. The van der Waals surface area contributed by atoms with E-state index < -0.39 is 0 Å². The molecule has 1 aromatic carbocycles. The second kappa shape index (κ2) is 4.36. The maximum Gasteiger partial charge on any atom is 0.204 e. The third-order valence-corrected chi connectivity index (χ3v) is 3.06. The normalized spacial score (nSPS) is 10.2. The van der Waals surface area contributed by atoms with Crippen LogP contribution in [0.1, 0.15) is 9.88 Å². The maximum atomic E-state index is 10.4. The summed E-state index contributed by atoms with van der Waals surface area (Å²) in [6.45, 7) is 1.95. The van der Waals surface area contributed by atoms with Gasteiger partial charge in [-0.25, -0.2) is 4.98 Å². The minimum absolute atomic E-state index is 0.329. The van der Waals surface area contributed by atoms with E-state index in [2.05, 4.69) is 4.98 Å². The first-order chi connectivity index (χ1) is 7.31. The summed E-state index contributed by atoms with van der Waals surface area (Å²) < 4.78 is 0. The molecular weight excluding hydrogens is 206 g/mol. The van der Waals surface area contributed by atoms with Crippen LogP contribution in [0.2, 0.25) is 0 Å². The lowest BCUT2D eigenvalue weighted by molar-refractivity contribution is 0.555. The van der Waals surface area contributed by atoms with E-state index in [1.165, 1.54) is 0 Å². The van der Waals surface area contributed by atoms with Crippen molar-refractivity contribution in [2.45, 2.75) is 13.3 Å². The first-order valence-electron chi connectivity index (χ1n) is 4.68. The van der Waals surface area contributed by atoms with Crippen LogP contribution in [0.25, 0.3) is 11.3 Å². The van der Waals surface area contributed by atoms with Crippen molar-refractivity contribution in [2.75, 3.05) is 0 Å². The van der Waals surface area contributed by atoms with Crippen molar-refractivity contribution >= 4 is 17.6 Å². The van der Waals surface area contributed by atoms with E-state index in [1.54, 1.807) is 11.3 Å². The second-order valence-corrected chi connectivity index (χ2v) is 4.48. The van der Waals surface area contributed by atoms with Crippen molar-refractivity contribution in [1.29, 1.82) is 0 Å². The molecule has 2 aromatic rings. The van der Waals surface area contributed by atoms with Gasteiger partial charge in [0.15, 0.2) is 0 Å². The molecule has 0 saturated carbocycles. The van der Waals surface area contributed by atoms with Crippen molar-refractivity contribution in [1.82, 2.24) is 4.98 Å². The van der Waals surface area contributed by atoms with Gasteiger partial charge in [-0.3, -0.25) is 4.79 Å². The highest BCUT2D eigenvalue weighted by Crippen LogP contribution is 2.27. The molecule has 0 N–H and O–H groups in total. The number of hydrogen-bond donors (Lipinski definition) is 0. The highest BCUT2D eigenvalue weighted by Gasteiger charge is 2.10. The largest absolute Gasteiger partial charge is 0.290 e. The number of nitrogens with zero attached hydrogens (tertiary/aromatic N) is 1. The van der Waals surface area contributed by atoms with E-state index in [4.69, 9.17) is 0 Å². The van der Waals surface area contributed by atoms with Gasteiger partial charge in [0.05, 0.1) is 17.1 Å². The number of thiazole rings is 1. The van der Waals surface area contributed by atoms with Gasteiger partial charge in [-0.1, -0.05) is 30.3 Å². The molecule has 0 saturated heterocycles. The monoisotopic (exact) mass is 216 g/mol. The molecule has 1 radical (unpaired) electrons. The lowest BCUT2D eigenvalue weighted by Crippen LogP contribution is -1.86. The van der Waals surface area contributed by atoms with Crippen LogP contribution in [-0.2, 0) is 11.2 Å². The molecule has 0 unspecified atom stereocenters. The van der Waals surface area contributed by atoms with Gasteiger partial charge in [0.1, 0.15) is 0 Å². The molecule has 0 aliphatic heterocycles. The minimum Gasteiger partial charge on any atom is -0.290 e. The van der Waals surface area contributed by atoms with E-state index in [9.17, 15) is 4.79 Å². The first kappa shape index (κ1) is 10.1. The van der Waals surface area contributed by atoms with Gasteiger partial charge < -0.3 is 0 Å². The zero-order chi connectivity index (χ0) is 10.7. The van der Waals surface area contributed by atoms with E-state index in [0.29, 0.717) is 6.42 Å². The van der Waals surface area contributed by atoms with E-state index in [-0.39, 0.29) is 0 Å². The summed E-state index contributed by atoms with van der Waals surface area (Å²) in [5, 5.41) is 0.985. The van der Waals surface area contributed by atoms with E-state index >= 15 is 0 Å². The minimum atomic E-state index is 0.329. The van der Waals surface area contributed by atoms with Crippen LogP contribution in [0, 0.1) is 6.92 Å². The van der Waals surface area contributed by atoms with Gasteiger partial charge >= 0.3 is 0 Å². The Hall–Kier alpha value is -1.48. The molecule has 2 nitrogen and oxygen atoms in total. The Kier molecular flexibility index (Phi) is 2.92. The van der Waals surface area contributed by atoms with Gasteiger partial charge in [0.25, 0.3) is 0 Å². The Morgan fingerprint density at radius 1 is 1.33 bits per heavy atom. The van der Waals surface area contributed by atoms with Crippen LogP contribution >= 0.6 is 11.3 Å². The fourth-order valence-electron chi connectivity index (χ4n) is 1.48. The summed E-state index contributed by atoms with van der Waals surface area (Å²) in [5.41, 5.74) is 1.98. The Morgan fingerprint density at radius 3 is 2.73 bits per heavy atom. The average Bonchev–Trinajstić information content (AvgIpc) is 2.62. The van der Waals surface area contributed by atoms with Gasteiger partial charge in [-0.15, -0.1) is 11.3 Å². The second-order valence-electron chi connectivity index (χ2n) is 3.19. The highest BCUT2D eigenvalue weighted by molar-refractivity contribution is 7.12. The van der Waals surface area contributed by atoms with Crippen molar-refractivity contribution in [2.24, 2.45) is 0 Å².